The Kier molecular flexibility index (Phi) is 3.89. The molecule has 82 valence electrons. The summed E-state index contributed by atoms with van der Waals surface area (Å²) in [5, 5.41) is 8.88. The summed E-state index contributed by atoms with van der Waals surface area (Å²) in [6.07, 6.45) is 2.54. The smallest absolute Gasteiger partial charge is 0.303 e. The maximum atomic E-state index is 10.8. The van der Waals surface area contributed by atoms with Crippen LogP contribution in [0.25, 0.3) is 0 Å². The van der Waals surface area contributed by atoms with Gasteiger partial charge in [0.15, 0.2) is 0 Å². The number of hydrogen-bond donors (Lipinski definition) is 2. The first kappa shape index (κ1) is 11.5. The third kappa shape index (κ3) is 2.45. The van der Waals surface area contributed by atoms with E-state index in [0.29, 0.717) is 13.2 Å². The highest BCUT2D eigenvalue weighted by Crippen LogP contribution is 2.37. The molecule has 1 aliphatic heterocycles. The van der Waals surface area contributed by atoms with Gasteiger partial charge in [-0.3, -0.25) is 4.79 Å². The monoisotopic (exact) mass is 201 g/mol. The molecule has 0 spiro atoms. The van der Waals surface area contributed by atoms with Gasteiger partial charge in [0.1, 0.15) is 0 Å². The zero-order valence-corrected chi connectivity index (χ0v) is 8.66. The molecule has 1 aliphatic rings. The van der Waals surface area contributed by atoms with Gasteiger partial charge in [-0.15, -0.1) is 0 Å². The number of rotatable bonds is 4. The van der Waals surface area contributed by atoms with Crippen LogP contribution in [0, 0.1) is 5.41 Å². The number of nitrogens with two attached hydrogens (primary N) is 1. The maximum Gasteiger partial charge on any atom is 0.303 e. The maximum absolute atomic E-state index is 10.8. The van der Waals surface area contributed by atoms with E-state index in [9.17, 15) is 4.79 Å². The van der Waals surface area contributed by atoms with E-state index in [-0.39, 0.29) is 17.9 Å². The van der Waals surface area contributed by atoms with Crippen molar-refractivity contribution < 1.29 is 14.6 Å². The molecule has 4 heteroatoms. The van der Waals surface area contributed by atoms with E-state index in [1.165, 1.54) is 0 Å². The minimum atomic E-state index is -0.754. The van der Waals surface area contributed by atoms with Crippen LogP contribution in [-0.2, 0) is 9.53 Å². The fourth-order valence-electron chi connectivity index (χ4n) is 2.19. The highest BCUT2D eigenvalue weighted by molar-refractivity contribution is 5.67. The fraction of sp³-hybridized carbons (Fsp3) is 0.900. The van der Waals surface area contributed by atoms with Crippen molar-refractivity contribution in [2.75, 3.05) is 13.2 Å². The van der Waals surface area contributed by atoms with E-state index in [2.05, 4.69) is 0 Å². The molecule has 1 rings (SSSR count). The molecule has 0 aromatic carbocycles. The lowest BCUT2D eigenvalue weighted by molar-refractivity contribution is -0.142. The van der Waals surface area contributed by atoms with Gasteiger partial charge in [-0.05, 0) is 19.3 Å². The molecule has 1 saturated heterocycles. The first-order chi connectivity index (χ1) is 6.60. The van der Waals surface area contributed by atoms with E-state index >= 15 is 0 Å². The summed E-state index contributed by atoms with van der Waals surface area (Å²) in [6, 6.07) is -0.0255. The Morgan fingerprint density at radius 3 is 2.57 bits per heavy atom. The molecular weight excluding hydrogens is 182 g/mol. The Hall–Kier alpha value is -0.610. The van der Waals surface area contributed by atoms with Gasteiger partial charge < -0.3 is 15.6 Å². The molecule has 0 bridgehead atoms. The fourth-order valence-corrected chi connectivity index (χ4v) is 2.19. The van der Waals surface area contributed by atoms with Gasteiger partial charge in [-0.2, -0.15) is 0 Å². The second-order valence-electron chi connectivity index (χ2n) is 4.06. The predicted molar refractivity (Wildman–Crippen MR) is 53.0 cm³/mol. The standard InChI is InChI=1S/C10H19NO3/c1-2-8(11)10(7-9(12)13)3-5-14-6-4-10/h8H,2-7,11H2,1H3,(H,12,13). The molecule has 3 N–H and O–H groups in total. The molecule has 1 fully saturated rings. The SMILES string of the molecule is CCC(N)C1(CC(=O)O)CCOCC1. The number of carboxylic acid groups (broad SMARTS) is 1. The van der Waals surface area contributed by atoms with Crippen LogP contribution in [0.4, 0.5) is 0 Å². The molecule has 0 aromatic rings. The second-order valence-corrected chi connectivity index (χ2v) is 4.06. The van der Waals surface area contributed by atoms with Crippen molar-refractivity contribution in [1.82, 2.24) is 0 Å². The largest absolute Gasteiger partial charge is 0.481 e. The van der Waals surface area contributed by atoms with Crippen LogP contribution in [0.15, 0.2) is 0 Å². The highest BCUT2D eigenvalue weighted by Gasteiger charge is 2.39. The van der Waals surface area contributed by atoms with Crippen molar-refractivity contribution in [3.63, 3.8) is 0 Å². The van der Waals surface area contributed by atoms with Gasteiger partial charge in [0.05, 0.1) is 6.42 Å². The third-order valence-corrected chi connectivity index (χ3v) is 3.22. The molecule has 0 aliphatic carbocycles. The Bertz CT molecular complexity index is 200. The molecule has 4 nitrogen and oxygen atoms in total. The zero-order chi connectivity index (χ0) is 10.6. The van der Waals surface area contributed by atoms with Crippen LogP contribution >= 0.6 is 0 Å². The normalized spacial score (nSPS) is 23.0. The van der Waals surface area contributed by atoms with E-state index in [1.54, 1.807) is 0 Å². The lowest BCUT2D eigenvalue weighted by Gasteiger charge is -2.40. The molecular formula is C10H19NO3. The van der Waals surface area contributed by atoms with E-state index in [4.69, 9.17) is 15.6 Å². The minimum absolute atomic E-state index is 0.0255. The number of aliphatic carboxylic acids is 1. The number of carboxylic acids is 1. The van der Waals surface area contributed by atoms with Gasteiger partial charge in [0.25, 0.3) is 0 Å². The quantitative estimate of drug-likeness (QED) is 0.711. The average Bonchev–Trinajstić information content (AvgIpc) is 2.17. The zero-order valence-electron chi connectivity index (χ0n) is 8.66. The topological polar surface area (TPSA) is 72.6 Å². The van der Waals surface area contributed by atoms with E-state index < -0.39 is 5.97 Å². The van der Waals surface area contributed by atoms with Crippen LogP contribution in [0.1, 0.15) is 32.6 Å². The van der Waals surface area contributed by atoms with Crippen molar-refractivity contribution in [3.8, 4) is 0 Å². The minimum Gasteiger partial charge on any atom is -0.481 e. The van der Waals surface area contributed by atoms with Crippen molar-refractivity contribution in [2.45, 2.75) is 38.6 Å². The molecule has 0 radical (unpaired) electrons. The number of hydrogen-bond acceptors (Lipinski definition) is 3. The molecule has 0 aromatic heterocycles. The molecule has 14 heavy (non-hydrogen) atoms. The molecule has 0 saturated carbocycles. The van der Waals surface area contributed by atoms with Gasteiger partial charge in [0, 0.05) is 24.7 Å². The molecule has 1 atom stereocenters. The second kappa shape index (κ2) is 4.75. The summed E-state index contributed by atoms with van der Waals surface area (Å²) >= 11 is 0. The summed E-state index contributed by atoms with van der Waals surface area (Å²) in [4.78, 5) is 10.8. The summed E-state index contributed by atoms with van der Waals surface area (Å²) in [7, 11) is 0. The number of ether oxygens (including phenoxy) is 1. The van der Waals surface area contributed by atoms with Crippen LogP contribution in [-0.4, -0.2) is 30.3 Å². The predicted octanol–water partition coefficient (Wildman–Crippen LogP) is 0.995. The summed E-state index contributed by atoms with van der Waals surface area (Å²) in [5.74, 6) is -0.754. The molecule has 1 heterocycles. The summed E-state index contributed by atoms with van der Waals surface area (Å²) < 4.78 is 5.25. The first-order valence-electron chi connectivity index (χ1n) is 5.16. The Balaban J connectivity index is 2.71. The number of carbonyl (C=O) groups is 1. The lowest BCUT2D eigenvalue weighted by atomic mass is 9.71. The van der Waals surface area contributed by atoms with Crippen molar-refractivity contribution in [2.24, 2.45) is 11.1 Å². The highest BCUT2D eigenvalue weighted by atomic mass is 16.5. The van der Waals surface area contributed by atoms with E-state index in [0.717, 1.165) is 19.3 Å². The third-order valence-electron chi connectivity index (χ3n) is 3.22. The van der Waals surface area contributed by atoms with Crippen LogP contribution in [0.3, 0.4) is 0 Å². The van der Waals surface area contributed by atoms with Crippen molar-refractivity contribution in [3.05, 3.63) is 0 Å². The van der Waals surface area contributed by atoms with Gasteiger partial charge in [-0.25, -0.2) is 0 Å². The van der Waals surface area contributed by atoms with Crippen molar-refractivity contribution in [1.29, 1.82) is 0 Å². The van der Waals surface area contributed by atoms with Gasteiger partial charge in [-0.1, -0.05) is 6.92 Å². The van der Waals surface area contributed by atoms with Crippen LogP contribution < -0.4 is 5.73 Å². The Morgan fingerprint density at radius 2 is 2.14 bits per heavy atom. The summed E-state index contributed by atoms with van der Waals surface area (Å²) in [6.45, 7) is 3.28. The molecule has 0 amide bonds. The molecule has 1 unspecified atom stereocenters. The Labute approximate surface area is 84.4 Å². The van der Waals surface area contributed by atoms with Gasteiger partial charge in [0.2, 0.25) is 0 Å². The van der Waals surface area contributed by atoms with Crippen LogP contribution in [0.5, 0.6) is 0 Å². The average molecular weight is 201 g/mol. The van der Waals surface area contributed by atoms with Crippen LogP contribution in [0.2, 0.25) is 0 Å². The van der Waals surface area contributed by atoms with E-state index in [1.807, 2.05) is 6.92 Å². The first-order valence-corrected chi connectivity index (χ1v) is 5.16. The Morgan fingerprint density at radius 1 is 1.57 bits per heavy atom. The van der Waals surface area contributed by atoms with Crippen molar-refractivity contribution >= 4 is 5.97 Å². The van der Waals surface area contributed by atoms with Gasteiger partial charge >= 0.3 is 5.97 Å². The lowest BCUT2D eigenvalue weighted by Crippen LogP contribution is -2.46. The summed E-state index contributed by atoms with van der Waals surface area (Å²) in [5.41, 5.74) is 5.77.